The van der Waals surface area contributed by atoms with Crippen molar-refractivity contribution in [3.05, 3.63) is 35.0 Å². The fourth-order valence-electron chi connectivity index (χ4n) is 4.15. The molecule has 0 aromatic rings. The highest BCUT2D eigenvalue weighted by Gasteiger charge is 2.46. The van der Waals surface area contributed by atoms with Crippen LogP contribution < -0.4 is 16.1 Å². The molecule has 0 spiro atoms. The quantitative estimate of drug-likeness (QED) is 0.447. The second-order valence-corrected chi connectivity index (χ2v) is 9.03. The standard InChI is InChI=1S/C22H33N5O4/c1-13(2)12-26-20-16(7-4-14-8-10-31-11-9-14)18(23-3)25-27(20)22(30)17(21(26)29)19(28)24-15-5-6-15/h4,7,13-15,18,23,25,30H,5-6,8-12H2,1-3H3,(H,24,28)/b7-4+. The molecular weight excluding hydrogens is 398 g/mol. The number of fused-ring (bicyclic) bond motifs is 1. The summed E-state index contributed by atoms with van der Waals surface area (Å²) in [6.07, 6.45) is 7.62. The number of rotatable bonds is 7. The number of hydrogen-bond acceptors (Lipinski definition) is 7. The number of hydrazine groups is 1. The molecule has 1 atom stereocenters. The normalized spacial score (nSPS) is 25.3. The molecule has 1 aliphatic carbocycles. The Hall–Kier alpha value is -2.36. The first kappa shape index (κ1) is 21.9. The molecule has 3 heterocycles. The average molecular weight is 432 g/mol. The summed E-state index contributed by atoms with van der Waals surface area (Å²) in [4.78, 5) is 27.8. The van der Waals surface area contributed by atoms with E-state index in [1.165, 1.54) is 5.01 Å². The predicted molar refractivity (Wildman–Crippen MR) is 115 cm³/mol. The number of ether oxygens (including phenoxy) is 1. The molecule has 4 aliphatic rings. The Labute approximate surface area is 183 Å². The zero-order valence-electron chi connectivity index (χ0n) is 18.5. The van der Waals surface area contributed by atoms with Crippen LogP contribution in [0.5, 0.6) is 0 Å². The molecule has 0 bridgehead atoms. The Kier molecular flexibility index (Phi) is 6.36. The van der Waals surface area contributed by atoms with Crippen LogP contribution in [0.3, 0.4) is 0 Å². The maximum Gasteiger partial charge on any atom is 0.270 e. The van der Waals surface area contributed by atoms with Gasteiger partial charge in [-0.3, -0.25) is 19.8 Å². The Morgan fingerprint density at radius 3 is 2.61 bits per heavy atom. The lowest BCUT2D eigenvalue weighted by Crippen LogP contribution is -2.52. The number of aliphatic hydroxyl groups is 1. The number of carbonyl (C=O) groups excluding carboxylic acids is 2. The van der Waals surface area contributed by atoms with E-state index in [9.17, 15) is 14.7 Å². The van der Waals surface area contributed by atoms with Crippen LogP contribution in [0, 0.1) is 11.8 Å². The number of nitrogens with zero attached hydrogens (tertiary/aromatic N) is 2. The molecule has 9 nitrogen and oxygen atoms in total. The highest BCUT2D eigenvalue weighted by Crippen LogP contribution is 2.34. The Bertz CT molecular complexity index is 824. The summed E-state index contributed by atoms with van der Waals surface area (Å²) in [5.41, 5.74) is 3.84. The van der Waals surface area contributed by atoms with Gasteiger partial charge in [-0.25, -0.2) is 10.4 Å². The van der Waals surface area contributed by atoms with Gasteiger partial charge in [0.05, 0.1) is 0 Å². The molecule has 1 unspecified atom stereocenters. The van der Waals surface area contributed by atoms with Gasteiger partial charge in [0, 0.05) is 31.4 Å². The number of hydrogen-bond donors (Lipinski definition) is 4. The summed E-state index contributed by atoms with van der Waals surface area (Å²) in [5.74, 6) is -0.177. The molecule has 0 aromatic heterocycles. The summed E-state index contributed by atoms with van der Waals surface area (Å²) in [6, 6.07) is 0.0886. The molecule has 2 amide bonds. The zero-order chi connectivity index (χ0) is 22.1. The zero-order valence-corrected chi connectivity index (χ0v) is 18.5. The van der Waals surface area contributed by atoms with Crippen molar-refractivity contribution in [2.75, 3.05) is 26.8 Å². The third-order valence-corrected chi connectivity index (χ3v) is 5.98. The smallest absolute Gasteiger partial charge is 0.270 e. The van der Waals surface area contributed by atoms with Gasteiger partial charge in [0.15, 0.2) is 5.57 Å². The Balaban J connectivity index is 1.72. The first-order valence-corrected chi connectivity index (χ1v) is 11.2. The van der Waals surface area contributed by atoms with Gasteiger partial charge in [-0.1, -0.05) is 26.0 Å². The van der Waals surface area contributed by atoms with Crippen molar-refractivity contribution in [3.8, 4) is 0 Å². The Morgan fingerprint density at radius 1 is 1.29 bits per heavy atom. The molecule has 31 heavy (non-hydrogen) atoms. The second kappa shape index (κ2) is 9.02. The summed E-state index contributed by atoms with van der Waals surface area (Å²) < 4.78 is 5.45. The van der Waals surface area contributed by atoms with Gasteiger partial charge >= 0.3 is 0 Å². The van der Waals surface area contributed by atoms with Crippen molar-refractivity contribution in [1.82, 2.24) is 26.0 Å². The molecule has 9 heteroatoms. The van der Waals surface area contributed by atoms with Crippen LogP contribution >= 0.6 is 0 Å². The van der Waals surface area contributed by atoms with E-state index in [0.717, 1.165) is 44.5 Å². The highest BCUT2D eigenvalue weighted by atomic mass is 16.5. The predicted octanol–water partition coefficient (Wildman–Crippen LogP) is 1.09. The summed E-state index contributed by atoms with van der Waals surface area (Å²) in [7, 11) is 1.81. The SMILES string of the molecule is CNC1NN2C(O)=C(C(=O)NC3CC3)C(=O)N(CC(C)C)C2=C1/C=C/C1CCOCC1. The van der Waals surface area contributed by atoms with Crippen molar-refractivity contribution in [2.45, 2.75) is 51.7 Å². The first-order chi connectivity index (χ1) is 14.9. The minimum Gasteiger partial charge on any atom is -0.493 e. The van der Waals surface area contributed by atoms with Crippen molar-refractivity contribution in [2.24, 2.45) is 11.8 Å². The number of amides is 2. The van der Waals surface area contributed by atoms with E-state index in [4.69, 9.17) is 4.74 Å². The topological polar surface area (TPSA) is 106 Å². The number of likely N-dealkylation sites (N-methyl/N-ethyl adjacent to an activating group) is 1. The molecule has 0 radical (unpaired) electrons. The lowest BCUT2D eigenvalue weighted by molar-refractivity contribution is -0.132. The first-order valence-electron chi connectivity index (χ1n) is 11.2. The monoisotopic (exact) mass is 431 g/mol. The van der Waals surface area contributed by atoms with E-state index in [2.05, 4.69) is 22.1 Å². The van der Waals surface area contributed by atoms with Crippen LogP contribution in [-0.2, 0) is 14.3 Å². The maximum atomic E-state index is 13.4. The van der Waals surface area contributed by atoms with Crippen LogP contribution in [0.2, 0.25) is 0 Å². The van der Waals surface area contributed by atoms with Crippen molar-refractivity contribution >= 4 is 11.8 Å². The second-order valence-electron chi connectivity index (χ2n) is 9.03. The molecular formula is C22H33N5O4. The van der Waals surface area contributed by atoms with E-state index < -0.39 is 11.8 Å². The molecule has 2 fully saturated rings. The molecule has 4 rings (SSSR count). The third-order valence-electron chi connectivity index (χ3n) is 5.98. The molecule has 1 saturated carbocycles. The lowest BCUT2D eigenvalue weighted by Gasteiger charge is -2.36. The van der Waals surface area contributed by atoms with E-state index in [1.54, 1.807) is 4.90 Å². The van der Waals surface area contributed by atoms with E-state index in [0.29, 0.717) is 18.3 Å². The van der Waals surface area contributed by atoms with E-state index in [1.807, 2.05) is 27.0 Å². The molecule has 3 aliphatic heterocycles. The molecule has 4 N–H and O–H groups in total. The number of carbonyl (C=O) groups is 2. The van der Waals surface area contributed by atoms with Crippen molar-refractivity contribution in [3.63, 3.8) is 0 Å². The summed E-state index contributed by atoms with van der Waals surface area (Å²) >= 11 is 0. The van der Waals surface area contributed by atoms with Gasteiger partial charge in [0.1, 0.15) is 12.0 Å². The maximum absolute atomic E-state index is 13.4. The van der Waals surface area contributed by atoms with Crippen molar-refractivity contribution < 1.29 is 19.4 Å². The van der Waals surface area contributed by atoms with Gasteiger partial charge in [-0.2, -0.15) is 0 Å². The molecule has 0 aromatic carbocycles. The van der Waals surface area contributed by atoms with Crippen LogP contribution in [-0.4, -0.2) is 65.8 Å². The minimum absolute atomic E-state index is 0.0886. The summed E-state index contributed by atoms with van der Waals surface area (Å²) in [6.45, 7) is 5.99. The number of allylic oxidation sites excluding steroid dienone is 1. The van der Waals surface area contributed by atoms with Gasteiger partial charge in [0.25, 0.3) is 11.8 Å². The fourth-order valence-corrected chi connectivity index (χ4v) is 4.15. The van der Waals surface area contributed by atoms with E-state index >= 15 is 0 Å². The van der Waals surface area contributed by atoms with Gasteiger partial charge in [0.2, 0.25) is 5.88 Å². The van der Waals surface area contributed by atoms with Crippen LogP contribution in [0.15, 0.2) is 35.0 Å². The van der Waals surface area contributed by atoms with Crippen molar-refractivity contribution in [1.29, 1.82) is 0 Å². The number of nitrogens with one attached hydrogen (secondary N) is 3. The molecule has 170 valence electrons. The summed E-state index contributed by atoms with van der Waals surface area (Å²) in [5, 5.41) is 18.4. The average Bonchev–Trinajstić information content (AvgIpc) is 3.47. The van der Waals surface area contributed by atoms with Gasteiger partial charge in [-0.05, 0) is 44.6 Å². The van der Waals surface area contributed by atoms with Crippen LogP contribution in [0.1, 0.15) is 39.5 Å². The van der Waals surface area contributed by atoms with Gasteiger partial charge < -0.3 is 15.2 Å². The number of aliphatic hydroxyl groups excluding tert-OH is 1. The minimum atomic E-state index is -0.521. The van der Waals surface area contributed by atoms with E-state index in [-0.39, 0.29) is 29.6 Å². The molecule has 1 saturated heterocycles. The third kappa shape index (κ3) is 4.49. The van der Waals surface area contributed by atoms with Crippen LogP contribution in [0.4, 0.5) is 0 Å². The lowest BCUT2D eigenvalue weighted by atomic mass is 9.98. The highest BCUT2D eigenvalue weighted by molar-refractivity contribution is 6.19. The Morgan fingerprint density at radius 2 is 2.00 bits per heavy atom. The largest absolute Gasteiger partial charge is 0.493 e. The van der Waals surface area contributed by atoms with Gasteiger partial charge in [-0.15, -0.1) is 0 Å². The van der Waals surface area contributed by atoms with Crippen LogP contribution in [0.25, 0.3) is 0 Å². The fraction of sp³-hybridized carbons (Fsp3) is 0.636.